The van der Waals surface area contributed by atoms with Crippen LogP contribution >= 0.6 is 0 Å². The van der Waals surface area contributed by atoms with Crippen LogP contribution in [0.1, 0.15) is 68.2 Å². The van der Waals surface area contributed by atoms with Crippen LogP contribution < -0.4 is 0 Å². The van der Waals surface area contributed by atoms with Crippen LogP contribution in [0, 0.1) is 5.41 Å². The summed E-state index contributed by atoms with van der Waals surface area (Å²) in [6.45, 7) is 17.7. The molecule has 21 heavy (non-hydrogen) atoms. The third-order valence-corrected chi connectivity index (χ3v) is 3.10. The van der Waals surface area contributed by atoms with Crippen LogP contribution in [-0.4, -0.2) is 42.4 Å². The van der Waals surface area contributed by atoms with Crippen molar-refractivity contribution < 1.29 is 14.3 Å². The minimum absolute atomic E-state index is 0.235. The Morgan fingerprint density at radius 2 is 1.48 bits per heavy atom. The largest absolute Gasteiger partial charge is 0.444 e. The smallest absolute Gasteiger partial charge is 0.410 e. The summed E-state index contributed by atoms with van der Waals surface area (Å²) in [5, 5.41) is 0. The quantitative estimate of drug-likeness (QED) is 0.726. The Morgan fingerprint density at radius 3 is 1.90 bits per heavy atom. The minimum atomic E-state index is -0.454. The van der Waals surface area contributed by atoms with Crippen molar-refractivity contribution >= 4 is 6.09 Å². The van der Waals surface area contributed by atoms with E-state index in [-0.39, 0.29) is 17.1 Å². The first-order valence-electron chi connectivity index (χ1n) is 7.80. The lowest BCUT2D eigenvalue weighted by Crippen LogP contribution is -2.38. The zero-order valence-corrected chi connectivity index (χ0v) is 15.5. The molecule has 0 aromatic carbocycles. The van der Waals surface area contributed by atoms with Crippen molar-refractivity contribution in [1.29, 1.82) is 0 Å². The first-order chi connectivity index (χ1) is 9.22. The van der Waals surface area contributed by atoms with Gasteiger partial charge in [-0.3, -0.25) is 0 Å². The van der Waals surface area contributed by atoms with Crippen LogP contribution in [0.2, 0.25) is 0 Å². The molecule has 0 aliphatic heterocycles. The van der Waals surface area contributed by atoms with Crippen molar-refractivity contribution in [2.24, 2.45) is 5.41 Å². The molecular weight excluding hydrogens is 266 g/mol. The normalized spacial score (nSPS) is 13.2. The molecule has 126 valence electrons. The van der Waals surface area contributed by atoms with Gasteiger partial charge in [-0.2, -0.15) is 0 Å². The van der Waals surface area contributed by atoms with Crippen LogP contribution in [0.5, 0.6) is 0 Å². The number of ether oxygens (including phenoxy) is 2. The van der Waals surface area contributed by atoms with Crippen LogP contribution in [-0.2, 0) is 9.47 Å². The van der Waals surface area contributed by atoms with Gasteiger partial charge in [-0.25, -0.2) is 4.79 Å². The maximum atomic E-state index is 11.9. The summed E-state index contributed by atoms with van der Waals surface area (Å²) >= 11 is 0. The lowest BCUT2D eigenvalue weighted by Gasteiger charge is -2.30. The number of nitrogens with zero attached hydrogens (tertiary/aromatic N) is 1. The highest BCUT2D eigenvalue weighted by atomic mass is 16.6. The summed E-state index contributed by atoms with van der Waals surface area (Å²) < 4.78 is 11.3. The van der Waals surface area contributed by atoms with E-state index < -0.39 is 5.60 Å². The lowest BCUT2D eigenvalue weighted by atomic mass is 9.93. The molecule has 0 saturated heterocycles. The van der Waals surface area contributed by atoms with Gasteiger partial charge in [-0.05, 0) is 52.9 Å². The molecule has 0 aliphatic carbocycles. The highest BCUT2D eigenvalue weighted by Gasteiger charge is 2.24. The molecule has 0 fully saturated rings. The molecule has 0 N–H and O–H groups in total. The van der Waals surface area contributed by atoms with E-state index in [0.717, 1.165) is 19.4 Å². The minimum Gasteiger partial charge on any atom is -0.444 e. The number of hydrogen-bond acceptors (Lipinski definition) is 3. The van der Waals surface area contributed by atoms with Crippen molar-refractivity contribution in [2.45, 2.75) is 79.4 Å². The Hall–Kier alpha value is -0.770. The van der Waals surface area contributed by atoms with Gasteiger partial charge >= 0.3 is 6.09 Å². The van der Waals surface area contributed by atoms with E-state index in [9.17, 15) is 4.79 Å². The molecule has 0 bridgehead atoms. The van der Waals surface area contributed by atoms with Crippen LogP contribution in [0.4, 0.5) is 4.79 Å². The summed E-state index contributed by atoms with van der Waals surface area (Å²) in [4.78, 5) is 13.5. The molecule has 0 radical (unpaired) electrons. The van der Waals surface area contributed by atoms with Crippen LogP contribution in [0.3, 0.4) is 0 Å². The van der Waals surface area contributed by atoms with E-state index in [1.165, 1.54) is 0 Å². The number of carbonyl (C=O) groups is 1. The molecule has 0 atom stereocenters. The van der Waals surface area contributed by atoms with E-state index in [1.54, 1.807) is 11.9 Å². The summed E-state index contributed by atoms with van der Waals surface area (Å²) in [5.74, 6) is 0. The fourth-order valence-corrected chi connectivity index (χ4v) is 1.57. The summed E-state index contributed by atoms with van der Waals surface area (Å²) in [6, 6.07) is 0. The maximum Gasteiger partial charge on any atom is 0.410 e. The molecule has 0 aromatic heterocycles. The SMILES string of the molecule is CN(CCC(C)(C)OCCC(C)(C)C)C(=O)OC(C)(C)C. The molecule has 0 heterocycles. The average Bonchev–Trinajstić information content (AvgIpc) is 2.21. The summed E-state index contributed by atoms with van der Waals surface area (Å²) in [6.07, 6.45) is 1.53. The van der Waals surface area contributed by atoms with E-state index in [4.69, 9.17) is 9.47 Å². The van der Waals surface area contributed by atoms with Crippen LogP contribution in [0.15, 0.2) is 0 Å². The monoisotopic (exact) mass is 301 g/mol. The first-order valence-corrected chi connectivity index (χ1v) is 7.80. The van der Waals surface area contributed by atoms with Gasteiger partial charge in [0, 0.05) is 20.2 Å². The topological polar surface area (TPSA) is 38.8 Å². The molecule has 0 rings (SSSR count). The Labute approximate surface area is 131 Å². The molecule has 0 aromatic rings. The zero-order chi connectivity index (χ0) is 16.9. The third kappa shape index (κ3) is 11.6. The van der Waals surface area contributed by atoms with Crippen LogP contribution in [0.25, 0.3) is 0 Å². The average molecular weight is 301 g/mol. The second-order valence-corrected chi connectivity index (χ2v) is 8.57. The predicted octanol–water partition coefficient (Wildman–Crippen LogP) is 4.47. The molecule has 0 unspecified atom stereocenters. The van der Waals surface area contributed by atoms with E-state index in [0.29, 0.717) is 6.54 Å². The lowest BCUT2D eigenvalue weighted by molar-refractivity contribution is -0.0382. The summed E-state index contributed by atoms with van der Waals surface area (Å²) in [7, 11) is 1.76. The van der Waals surface area contributed by atoms with Gasteiger partial charge in [0.25, 0.3) is 0 Å². The first kappa shape index (κ1) is 20.2. The molecule has 0 spiro atoms. The molecule has 1 amide bonds. The van der Waals surface area contributed by atoms with Gasteiger partial charge in [0.1, 0.15) is 5.60 Å². The Morgan fingerprint density at radius 1 is 0.952 bits per heavy atom. The molecular formula is C17H35NO3. The van der Waals surface area contributed by atoms with Crippen molar-refractivity contribution in [1.82, 2.24) is 4.90 Å². The molecule has 4 nitrogen and oxygen atoms in total. The summed E-state index contributed by atoms with van der Waals surface area (Å²) in [5.41, 5.74) is -0.408. The second-order valence-electron chi connectivity index (χ2n) is 8.57. The number of amides is 1. The number of carbonyl (C=O) groups excluding carboxylic acids is 1. The Kier molecular flexibility index (Phi) is 7.21. The number of rotatable bonds is 6. The fraction of sp³-hybridized carbons (Fsp3) is 0.941. The van der Waals surface area contributed by atoms with Gasteiger partial charge in [0.2, 0.25) is 0 Å². The van der Waals surface area contributed by atoms with E-state index in [2.05, 4.69) is 34.6 Å². The third-order valence-electron chi connectivity index (χ3n) is 3.10. The zero-order valence-electron chi connectivity index (χ0n) is 15.5. The standard InChI is InChI=1S/C17H35NO3/c1-15(2,3)11-13-20-17(7,8)10-12-18(9)14(19)21-16(4,5)6/h10-13H2,1-9H3. The van der Waals surface area contributed by atoms with Crippen molar-refractivity contribution in [3.63, 3.8) is 0 Å². The second kappa shape index (κ2) is 7.48. The highest BCUT2D eigenvalue weighted by molar-refractivity contribution is 5.67. The van der Waals surface area contributed by atoms with Gasteiger partial charge < -0.3 is 14.4 Å². The van der Waals surface area contributed by atoms with Gasteiger partial charge in [0.15, 0.2) is 0 Å². The Bertz CT molecular complexity index is 324. The van der Waals surface area contributed by atoms with Gasteiger partial charge in [-0.1, -0.05) is 20.8 Å². The van der Waals surface area contributed by atoms with E-state index in [1.807, 2.05) is 20.8 Å². The number of hydrogen-bond donors (Lipinski definition) is 0. The molecule has 0 saturated carbocycles. The highest BCUT2D eigenvalue weighted by Crippen LogP contribution is 2.22. The predicted molar refractivity (Wildman–Crippen MR) is 87.6 cm³/mol. The van der Waals surface area contributed by atoms with Gasteiger partial charge in [-0.15, -0.1) is 0 Å². The fourth-order valence-electron chi connectivity index (χ4n) is 1.57. The van der Waals surface area contributed by atoms with Crippen molar-refractivity contribution in [3.8, 4) is 0 Å². The Balaban J connectivity index is 4.15. The van der Waals surface area contributed by atoms with Crippen molar-refractivity contribution in [2.75, 3.05) is 20.2 Å². The van der Waals surface area contributed by atoms with Crippen molar-refractivity contribution in [3.05, 3.63) is 0 Å². The van der Waals surface area contributed by atoms with E-state index >= 15 is 0 Å². The maximum absolute atomic E-state index is 11.9. The van der Waals surface area contributed by atoms with Gasteiger partial charge in [0.05, 0.1) is 5.60 Å². The molecule has 4 heteroatoms. The molecule has 0 aliphatic rings.